The summed E-state index contributed by atoms with van der Waals surface area (Å²) in [5, 5.41) is 5.53. The number of nitrogens with one attached hydrogen (secondary N) is 1. The van der Waals surface area contributed by atoms with Crippen LogP contribution in [0.5, 0.6) is 0 Å². The standard InChI is InChI=1S/C17H13Cl2N3O2S/c1-9-14(8-23)20-3-4-22(9)17-21-13-7-10(18)6-12(15(13)24-17)11-2-5-25-16(11)19/h2,5-7,9,20H,3-4H2,1H3. The quantitative estimate of drug-likeness (QED) is 0.654. The maximum Gasteiger partial charge on any atom is 0.299 e. The highest BCUT2D eigenvalue weighted by Gasteiger charge is 2.28. The molecule has 1 N–H and O–H groups in total. The molecule has 1 unspecified atom stereocenters. The summed E-state index contributed by atoms with van der Waals surface area (Å²) in [5.74, 6) is 1.94. The van der Waals surface area contributed by atoms with Crippen LogP contribution in [-0.4, -0.2) is 30.1 Å². The molecule has 1 saturated heterocycles. The van der Waals surface area contributed by atoms with Crippen LogP contribution in [0, 0.1) is 0 Å². The highest BCUT2D eigenvalue weighted by Crippen LogP contribution is 2.40. The molecule has 5 nitrogen and oxygen atoms in total. The van der Waals surface area contributed by atoms with Crippen molar-refractivity contribution in [3.8, 4) is 11.1 Å². The van der Waals surface area contributed by atoms with Crippen LogP contribution in [0.3, 0.4) is 0 Å². The van der Waals surface area contributed by atoms with E-state index in [9.17, 15) is 4.79 Å². The van der Waals surface area contributed by atoms with Crippen molar-refractivity contribution in [1.29, 1.82) is 0 Å². The molecule has 0 amide bonds. The lowest BCUT2D eigenvalue weighted by Crippen LogP contribution is -2.48. The van der Waals surface area contributed by atoms with Gasteiger partial charge in [-0.05, 0) is 30.5 Å². The van der Waals surface area contributed by atoms with Crippen molar-refractivity contribution in [2.75, 3.05) is 18.0 Å². The number of carbonyl (C=O) groups excluding carboxylic acids is 1. The van der Waals surface area contributed by atoms with Gasteiger partial charge in [-0.25, -0.2) is 4.79 Å². The van der Waals surface area contributed by atoms with E-state index in [2.05, 4.69) is 10.3 Å². The van der Waals surface area contributed by atoms with Crippen LogP contribution >= 0.6 is 34.5 Å². The van der Waals surface area contributed by atoms with E-state index in [0.717, 1.165) is 11.1 Å². The number of hydrogen-bond acceptors (Lipinski definition) is 6. The zero-order valence-electron chi connectivity index (χ0n) is 13.2. The number of piperazine rings is 1. The maximum absolute atomic E-state index is 11.1. The second-order valence-electron chi connectivity index (χ2n) is 5.72. The Kier molecular flexibility index (Phi) is 4.21. The van der Waals surface area contributed by atoms with Crippen LogP contribution < -0.4 is 10.2 Å². The molecule has 1 aliphatic rings. The number of aromatic nitrogens is 1. The van der Waals surface area contributed by atoms with Gasteiger partial charge in [-0.15, -0.1) is 11.3 Å². The second kappa shape index (κ2) is 6.39. The van der Waals surface area contributed by atoms with E-state index in [4.69, 9.17) is 27.6 Å². The Morgan fingerprint density at radius 1 is 1.40 bits per heavy atom. The van der Waals surface area contributed by atoms with Gasteiger partial charge in [-0.3, -0.25) is 0 Å². The van der Waals surface area contributed by atoms with Gasteiger partial charge in [0.25, 0.3) is 6.01 Å². The average Bonchev–Trinajstić information content (AvgIpc) is 3.20. The number of hydrogen-bond donors (Lipinski definition) is 1. The van der Waals surface area contributed by atoms with Crippen LogP contribution in [0.1, 0.15) is 6.92 Å². The molecule has 25 heavy (non-hydrogen) atoms. The first kappa shape index (κ1) is 16.5. The van der Waals surface area contributed by atoms with Crippen molar-refractivity contribution in [3.63, 3.8) is 0 Å². The van der Waals surface area contributed by atoms with E-state index in [1.807, 2.05) is 35.3 Å². The van der Waals surface area contributed by atoms with Gasteiger partial charge in [0.15, 0.2) is 5.58 Å². The fraction of sp³-hybridized carbons (Fsp3) is 0.235. The molecule has 3 heterocycles. The summed E-state index contributed by atoms with van der Waals surface area (Å²) >= 11 is 14.0. The molecule has 0 saturated carbocycles. The molecule has 0 aliphatic carbocycles. The number of thiophene rings is 1. The summed E-state index contributed by atoms with van der Waals surface area (Å²) in [6.07, 6.45) is 0. The van der Waals surface area contributed by atoms with Crippen molar-refractivity contribution in [2.45, 2.75) is 13.0 Å². The molecule has 0 radical (unpaired) electrons. The molecule has 3 aromatic rings. The van der Waals surface area contributed by atoms with E-state index >= 15 is 0 Å². The Balaban J connectivity index is 1.86. The molecule has 1 aliphatic heterocycles. The molecule has 128 valence electrons. The van der Waals surface area contributed by atoms with Gasteiger partial charge in [0, 0.05) is 29.2 Å². The third kappa shape index (κ3) is 2.81. The number of rotatable bonds is 2. The van der Waals surface area contributed by atoms with Gasteiger partial charge in [0.1, 0.15) is 21.5 Å². The minimum Gasteiger partial charge on any atom is -0.423 e. The predicted octanol–water partition coefficient (Wildman–Crippen LogP) is 4.38. The van der Waals surface area contributed by atoms with Crippen molar-refractivity contribution < 1.29 is 9.21 Å². The fourth-order valence-corrected chi connectivity index (χ4v) is 4.15. The van der Waals surface area contributed by atoms with Crippen molar-refractivity contribution in [3.05, 3.63) is 38.6 Å². The van der Waals surface area contributed by atoms with Crippen molar-refractivity contribution in [1.82, 2.24) is 10.3 Å². The molecule has 1 aromatic carbocycles. The topological polar surface area (TPSA) is 58.4 Å². The maximum atomic E-state index is 11.1. The van der Waals surface area contributed by atoms with Crippen LogP contribution in [-0.2, 0) is 4.79 Å². The van der Waals surface area contributed by atoms with E-state index in [0.29, 0.717) is 45.3 Å². The van der Waals surface area contributed by atoms with E-state index in [1.165, 1.54) is 11.3 Å². The Hall–Kier alpha value is -1.98. The van der Waals surface area contributed by atoms with Gasteiger partial charge in [-0.1, -0.05) is 23.2 Å². The molecular weight excluding hydrogens is 381 g/mol. The smallest absolute Gasteiger partial charge is 0.299 e. The lowest BCUT2D eigenvalue weighted by atomic mass is 10.1. The van der Waals surface area contributed by atoms with E-state index < -0.39 is 0 Å². The Labute approximate surface area is 157 Å². The van der Waals surface area contributed by atoms with Crippen LogP contribution in [0.25, 0.3) is 22.2 Å². The summed E-state index contributed by atoms with van der Waals surface area (Å²) in [7, 11) is 0. The van der Waals surface area contributed by atoms with Gasteiger partial charge in [-0.2, -0.15) is 4.98 Å². The fourth-order valence-electron chi connectivity index (χ4n) is 2.99. The first-order chi connectivity index (χ1) is 12.1. The molecular formula is C17H13Cl2N3O2S. The summed E-state index contributed by atoms with van der Waals surface area (Å²) in [6, 6.07) is 5.78. The zero-order valence-corrected chi connectivity index (χ0v) is 15.5. The minimum atomic E-state index is -0.192. The Morgan fingerprint density at radius 2 is 2.24 bits per heavy atom. The summed E-state index contributed by atoms with van der Waals surface area (Å²) < 4.78 is 6.74. The monoisotopic (exact) mass is 393 g/mol. The zero-order chi connectivity index (χ0) is 17.6. The molecule has 1 fully saturated rings. The van der Waals surface area contributed by atoms with E-state index in [-0.39, 0.29) is 6.04 Å². The second-order valence-corrected chi connectivity index (χ2v) is 7.67. The Bertz CT molecular complexity index is 1010. The average molecular weight is 394 g/mol. The summed E-state index contributed by atoms with van der Waals surface area (Å²) in [4.78, 5) is 17.6. The van der Waals surface area contributed by atoms with Crippen LogP contribution in [0.2, 0.25) is 9.36 Å². The van der Waals surface area contributed by atoms with Gasteiger partial charge in [0.2, 0.25) is 0 Å². The highest BCUT2D eigenvalue weighted by atomic mass is 35.5. The minimum absolute atomic E-state index is 0.192. The van der Waals surface area contributed by atoms with Crippen LogP contribution in [0.4, 0.5) is 6.01 Å². The van der Waals surface area contributed by atoms with Crippen molar-refractivity contribution in [2.24, 2.45) is 0 Å². The van der Waals surface area contributed by atoms with E-state index in [1.54, 1.807) is 6.07 Å². The van der Waals surface area contributed by atoms with Gasteiger partial charge >= 0.3 is 0 Å². The third-order valence-corrected chi connectivity index (χ3v) is 5.65. The third-order valence-electron chi connectivity index (χ3n) is 4.26. The number of fused-ring (bicyclic) bond motifs is 1. The van der Waals surface area contributed by atoms with Crippen molar-refractivity contribution >= 4 is 57.6 Å². The SMILES string of the molecule is CC1C(=C=O)NCCN1c1nc2cc(Cl)cc(-c3ccsc3Cl)c2o1. The lowest BCUT2D eigenvalue weighted by Gasteiger charge is -2.33. The normalized spacial score (nSPS) is 17.6. The Morgan fingerprint density at radius 3 is 2.96 bits per heavy atom. The molecule has 0 spiro atoms. The van der Waals surface area contributed by atoms with Crippen LogP contribution in [0.15, 0.2) is 33.7 Å². The first-order valence-electron chi connectivity index (χ1n) is 7.67. The molecule has 0 bridgehead atoms. The molecule has 1 atom stereocenters. The number of anilines is 1. The lowest BCUT2D eigenvalue weighted by molar-refractivity contribution is 0.496. The first-order valence-corrected chi connectivity index (χ1v) is 9.31. The molecule has 8 heteroatoms. The number of benzene rings is 1. The predicted molar refractivity (Wildman–Crippen MR) is 101 cm³/mol. The summed E-state index contributed by atoms with van der Waals surface area (Å²) in [5.41, 5.74) is 3.45. The van der Waals surface area contributed by atoms with Gasteiger partial charge in [0.05, 0.1) is 6.04 Å². The summed E-state index contributed by atoms with van der Waals surface area (Å²) in [6.45, 7) is 3.20. The number of oxazole rings is 1. The highest BCUT2D eigenvalue weighted by molar-refractivity contribution is 7.15. The largest absolute Gasteiger partial charge is 0.423 e. The number of halogens is 2. The molecule has 4 rings (SSSR count). The number of nitrogens with zero attached hydrogens (tertiary/aromatic N) is 2. The molecule has 2 aromatic heterocycles. The van der Waals surface area contributed by atoms with Gasteiger partial charge < -0.3 is 14.6 Å².